The Bertz CT molecular complexity index is 925. The molecule has 4 rings (SSSR count). The van der Waals surface area contributed by atoms with E-state index < -0.39 is 5.92 Å². The summed E-state index contributed by atoms with van der Waals surface area (Å²) in [6, 6.07) is 14.6. The molecule has 1 unspecified atom stereocenters. The molecule has 1 aliphatic carbocycles. The number of hydrogen-bond acceptors (Lipinski definition) is 3. The Hall–Kier alpha value is -2.67. The van der Waals surface area contributed by atoms with E-state index in [0.29, 0.717) is 17.8 Å². The van der Waals surface area contributed by atoms with Crippen LogP contribution in [-0.4, -0.2) is 30.3 Å². The van der Waals surface area contributed by atoms with Gasteiger partial charge in [0.2, 0.25) is 11.8 Å². The summed E-state index contributed by atoms with van der Waals surface area (Å²) < 4.78 is 0.933. The minimum atomic E-state index is -0.430. The van der Waals surface area contributed by atoms with Gasteiger partial charge in [-0.3, -0.25) is 14.4 Å². The zero-order chi connectivity index (χ0) is 19.7. The van der Waals surface area contributed by atoms with Crippen LogP contribution in [0.2, 0.25) is 0 Å². The molecule has 3 amide bonds. The summed E-state index contributed by atoms with van der Waals surface area (Å²) in [4.78, 5) is 38.8. The fraction of sp³-hybridized carbons (Fsp3) is 0.286. The molecular weight excluding hydrogens is 422 g/mol. The first-order valence-electron chi connectivity index (χ1n) is 9.27. The molecule has 0 radical (unpaired) electrons. The van der Waals surface area contributed by atoms with E-state index in [1.54, 1.807) is 29.2 Å². The highest BCUT2D eigenvalue weighted by Gasteiger charge is 2.35. The first kappa shape index (κ1) is 18.7. The van der Waals surface area contributed by atoms with Crippen LogP contribution < -0.4 is 15.5 Å². The third-order valence-electron chi connectivity index (χ3n) is 4.94. The average Bonchev–Trinajstić information content (AvgIpc) is 3.41. The lowest BCUT2D eigenvalue weighted by Gasteiger charge is -2.17. The van der Waals surface area contributed by atoms with Gasteiger partial charge in [0.25, 0.3) is 5.91 Å². The van der Waals surface area contributed by atoms with Gasteiger partial charge in [-0.1, -0.05) is 22.0 Å². The number of nitrogens with zero attached hydrogens (tertiary/aromatic N) is 1. The van der Waals surface area contributed by atoms with Gasteiger partial charge in [-0.05, 0) is 55.3 Å². The first-order valence-corrected chi connectivity index (χ1v) is 10.1. The van der Waals surface area contributed by atoms with Crippen molar-refractivity contribution in [3.63, 3.8) is 0 Å². The van der Waals surface area contributed by atoms with Gasteiger partial charge < -0.3 is 15.5 Å². The van der Waals surface area contributed by atoms with Crippen molar-refractivity contribution in [1.82, 2.24) is 5.32 Å². The molecule has 0 bridgehead atoms. The molecule has 1 saturated carbocycles. The van der Waals surface area contributed by atoms with Crippen LogP contribution in [0.25, 0.3) is 0 Å². The minimum Gasteiger partial charge on any atom is -0.349 e. The van der Waals surface area contributed by atoms with Crippen molar-refractivity contribution in [3.05, 3.63) is 58.6 Å². The van der Waals surface area contributed by atoms with Gasteiger partial charge in [-0.2, -0.15) is 0 Å². The van der Waals surface area contributed by atoms with E-state index in [1.165, 1.54) is 0 Å². The van der Waals surface area contributed by atoms with Crippen LogP contribution in [0.15, 0.2) is 53.0 Å². The highest BCUT2D eigenvalue weighted by atomic mass is 79.9. The van der Waals surface area contributed by atoms with Crippen LogP contribution in [0.4, 0.5) is 11.4 Å². The zero-order valence-corrected chi connectivity index (χ0v) is 16.7. The molecule has 2 fully saturated rings. The molecule has 1 aliphatic heterocycles. The number of amides is 3. The Balaban J connectivity index is 1.40. The molecule has 1 heterocycles. The van der Waals surface area contributed by atoms with Crippen LogP contribution >= 0.6 is 15.9 Å². The number of benzene rings is 2. The Morgan fingerprint density at radius 1 is 1.07 bits per heavy atom. The van der Waals surface area contributed by atoms with Crippen molar-refractivity contribution in [2.45, 2.75) is 25.3 Å². The van der Waals surface area contributed by atoms with Crippen molar-refractivity contribution in [2.24, 2.45) is 5.92 Å². The van der Waals surface area contributed by atoms with Crippen molar-refractivity contribution < 1.29 is 14.4 Å². The summed E-state index contributed by atoms with van der Waals surface area (Å²) in [5.74, 6) is -0.844. The molecule has 2 aromatic rings. The molecule has 0 spiro atoms. The van der Waals surface area contributed by atoms with Gasteiger partial charge in [0.15, 0.2) is 0 Å². The van der Waals surface area contributed by atoms with E-state index in [4.69, 9.17) is 0 Å². The summed E-state index contributed by atoms with van der Waals surface area (Å²) in [7, 11) is 0. The lowest BCUT2D eigenvalue weighted by atomic mass is 10.1. The number of hydrogen-bond donors (Lipinski definition) is 2. The van der Waals surface area contributed by atoms with E-state index in [0.717, 1.165) is 23.0 Å². The maximum atomic E-state index is 12.7. The van der Waals surface area contributed by atoms with Gasteiger partial charge in [-0.25, -0.2) is 0 Å². The number of carbonyl (C=O) groups is 3. The number of rotatable bonds is 5. The van der Waals surface area contributed by atoms with Crippen LogP contribution in [-0.2, 0) is 9.59 Å². The van der Waals surface area contributed by atoms with Crippen molar-refractivity contribution >= 4 is 45.0 Å². The maximum absolute atomic E-state index is 12.7. The molecule has 2 aromatic carbocycles. The highest BCUT2D eigenvalue weighted by molar-refractivity contribution is 9.10. The fourth-order valence-corrected chi connectivity index (χ4v) is 3.50. The molecule has 1 atom stereocenters. The van der Waals surface area contributed by atoms with Crippen LogP contribution in [0.3, 0.4) is 0 Å². The third kappa shape index (κ3) is 4.25. The van der Waals surface area contributed by atoms with Crippen LogP contribution in [0, 0.1) is 5.92 Å². The summed E-state index contributed by atoms with van der Waals surface area (Å²) in [6.07, 6.45) is 2.21. The molecule has 1 saturated heterocycles. The van der Waals surface area contributed by atoms with Crippen molar-refractivity contribution in [1.29, 1.82) is 0 Å². The summed E-state index contributed by atoms with van der Waals surface area (Å²) in [5, 5.41) is 5.78. The highest BCUT2D eigenvalue weighted by Crippen LogP contribution is 2.27. The summed E-state index contributed by atoms with van der Waals surface area (Å²) >= 11 is 3.38. The minimum absolute atomic E-state index is 0.0694. The van der Waals surface area contributed by atoms with Gasteiger partial charge in [0, 0.05) is 40.4 Å². The second-order valence-electron chi connectivity index (χ2n) is 7.20. The smallest absolute Gasteiger partial charge is 0.251 e. The van der Waals surface area contributed by atoms with E-state index >= 15 is 0 Å². The van der Waals surface area contributed by atoms with Crippen molar-refractivity contribution in [3.8, 4) is 0 Å². The molecule has 6 nitrogen and oxygen atoms in total. The Morgan fingerprint density at radius 2 is 1.82 bits per heavy atom. The molecular formula is C21H20BrN3O3. The SMILES string of the molecule is O=C(NC1CC1)c1cccc(NC(=O)C2CC(=O)N(c3ccc(Br)cc3)C2)c1. The van der Waals surface area contributed by atoms with Gasteiger partial charge in [-0.15, -0.1) is 0 Å². The lowest BCUT2D eigenvalue weighted by molar-refractivity contribution is -0.122. The molecule has 28 heavy (non-hydrogen) atoms. The van der Waals surface area contributed by atoms with Crippen molar-refractivity contribution in [2.75, 3.05) is 16.8 Å². The number of nitrogens with one attached hydrogen (secondary N) is 2. The van der Waals surface area contributed by atoms with Crippen LogP contribution in [0.1, 0.15) is 29.6 Å². The standard InChI is InChI=1S/C21H20BrN3O3/c22-15-4-8-18(9-5-15)25-12-14(11-19(25)26)21(28)24-17-3-1-2-13(10-17)20(27)23-16-6-7-16/h1-5,8-10,14,16H,6-7,11-12H2,(H,23,27)(H,24,28). The molecule has 2 N–H and O–H groups in total. The monoisotopic (exact) mass is 441 g/mol. The quantitative estimate of drug-likeness (QED) is 0.746. The Labute approximate surface area is 171 Å². The molecule has 0 aromatic heterocycles. The summed E-state index contributed by atoms with van der Waals surface area (Å²) in [6.45, 7) is 0.341. The van der Waals surface area contributed by atoms with Gasteiger partial charge in [0.05, 0.1) is 5.92 Å². The fourth-order valence-electron chi connectivity index (χ4n) is 3.23. The largest absolute Gasteiger partial charge is 0.349 e. The number of halogens is 1. The number of carbonyl (C=O) groups excluding carboxylic acids is 3. The normalized spacial score (nSPS) is 18.8. The molecule has 7 heteroatoms. The van der Waals surface area contributed by atoms with E-state index in [2.05, 4.69) is 26.6 Å². The van der Waals surface area contributed by atoms with E-state index in [9.17, 15) is 14.4 Å². The zero-order valence-electron chi connectivity index (χ0n) is 15.2. The predicted octanol–water partition coefficient (Wildman–Crippen LogP) is 3.33. The van der Waals surface area contributed by atoms with Gasteiger partial charge >= 0.3 is 0 Å². The van der Waals surface area contributed by atoms with Crippen LogP contribution in [0.5, 0.6) is 0 Å². The third-order valence-corrected chi connectivity index (χ3v) is 5.47. The van der Waals surface area contributed by atoms with E-state index in [-0.39, 0.29) is 30.2 Å². The average molecular weight is 442 g/mol. The topological polar surface area (TPSA) is 78.5 Å². The second-order valence-corrected chi connectivity index (χ2v) is 8.12. The molecule has 144 valence electrons. The van der Waals surface area contributed by atoms with Gasteiger partial charge in [0.1, 0.15) is 0 Å². The second kappa shape index (κ2) is 7.75. The van der Waals surface area contributed by atoms with E-state index in [1.807, 2.05) is 24.3 Å². The lowest BCUT2D eigenvalue weighted by Crippen LogP contribution is -2.28. The first-order chi connectivity index (χ1) is 13.5. The maximum Gasteiger partial charge on any atom is 0.251 e. The molecule has 2 aliphatic rings. The Kier molecular flexibility index (Phi) is 5.17. The predicted molar refractivity (Wildman–Crippen MR) is 110 cm³/mol. The number of anilines is 2. The Morgan fingerprint density at radius 3 is 2.54 bits per heavy atom. The summed E-state index contributed by atoms with van der Waals surface area (Å²) in [5.41, 5.74) is 1.86.